The number of rotatable bonds is 5. The molecule has 1 amide bonds. The predicted octanol–water partition coefficient (Wildman–Crippen LogP) is 3.19. The second kappa shape index (κ2) is 7.00. The Labute approximate surface area is 140 Å². The van der Waals surface area contributed by atoms with Gasteiger partial charge >= 0.3 is 0 Å². The van der Waals surface area contributed by atoms with Crippen LogP contribution in [0.25, 0.3) is 10.9 Å². The maximum Gasteiger partial charge on any atom is 0.259 e. The Balaban J connectivity index is 1.68. The maximum absolute atomic E-state index is 12.1. The number of methoxy groups -OCH3 is 1. The molecule has 0 aliphatic heterocycles. The number of carbonyl (C=O) groups excluding carboxylic acids is 1. The van der Waals surface area contributed by atoms with Crippen LogP contribution in [0.4, 0.5) is 0 Å². The standard InChI is InChI=1S/C19H19N3O2/c1-14(16-7-5-8-17(12-16)24-2)20-21-19(23)13-22-11-10-15-6-3-4-9-18(15)22/h3-12H,13H2,1-2H3,(H,21,23)/b20-14+. The van der Waals surface area contributed by atoms with Crippen LogP contribution in [0, 0.1) is 0 Å². The molecule has 24 heavy (non-hydrogen) atoms. The fraction of sp³-hybridized carbons (Fsp3) is 0.158. The molecule has 5 heteroatoms. The fourth-order valence-corrected chi connectivity index (χ4v) is 2.53. The van der Waals surface area contributed by atoms with Crippen molar-refractivity contribution < 1.29 is 9.53 Å². The third-order valence-electron chi connectivity index (χ3n) is 3.83. The van der Waals surface area contributed by atoms with E-state index in [9.17, 15) is 4.79 Å². The Hall–Kier alpha value is -3.08. The fourth-order valence-electron chi connectivity index (χ4n) is 2.53. The van der Waals surface area contributed by atoms with Gasteiger partial charge in [-0.15, -0.1) is 0 Å². The van der Waals surface area contributed by atoms with Gasteiger partial charge in [-0.25, -0.2) is 5.43 Å². The summed E-state index contributed by atoms with van der Waals surface area (Å²) in [5.74, 6) is 0.589. The van der Waals surface area contributed by atoms with E-state index in [4.69, 9.17) is 4.74 Å². The highest BCUT2D eigenvalue weighted by Crippen LogP contribution is 2.15. The van der Waals surface area contributed by atoms with E-state index in [0.717, 1.165) is 27.9 Å². The minimum atomic E-state index is -0.168. The van der Waals surface area contributed by atoms with Gasteiger partial charge in [0.15, 0.2) is 0 Å². The van der Waals surface area contributed by atoms with Crippen molar-refractivity contribution in [3.05, 3.63) is 66.4 Å². The highest BCUT2D eigenvalue weighted by atomic mass is 16.5. The van der Waals surface area contributed by atoms with Gasteiger partial charge < -0.3 is 9.30 Å². The van der Waals surface area contributed by atoms with Crippen molar-refractivity contribution >= 4 is 22.5 Å². The van der Waals surface area contributed by atoms with Crippen LogP contribution in [-0.2, 0) is 11.3 Å². The van der Waals surface area contributed by atoms with Crippen LogP contribution in [0.3, 0.4) is 0 Å². The summed E-state index contributed by atoms with van der Waals surface area (Å²) < 4.78 is 7.10. The van der Waals surface area contributed by atoms with Crippen molar-refractivity contribution in [1.29, 1.82) is 0 Å². The first kappa shape index (κ1) is 15.8. The quantitative estimate of drug-likeness (QED) is 0.579. The van der Waals surface area contributed by atoms with E-state index in [2.05, 4.69) is 10.5 Å². The van der Waals surface area contributed by atoms with Gasteiger partial charge in [0.2, 0.25) is 0 Å². The van der Waals surface area contributed by atoms with E-state index < -0.39 is 0 Å². The highest BCUT2D eigenvalue weighted by Gasteiger charge is 2.06. The molecule has 1 aromatic heterocycles. The molecule has 0 spiro atoms. The molecule has 3 aromatic rings. The summed E-state index contributed by atoms with van der Waals surface area (Å²) >= 11 is 0. The second-order valence-electron chi connectivity index (χ2n) is 5.47. The number of amides is 1. The van der Waals surface area contributed by atoms with E-state index >= 15 is 0 Å². The number of fused-ring (bicyclic) bond motifs is 1. The third kappa shape index (κ3) is 3.46. The van der Waals surface area contributed by atoms with Crippen molar-refractivity contribution in [2.45, 2.75) is 13.5 Å². The molecule has 0 bridgehead atoms. The van der Waals surface area contributed by atoms with E-state index in [1.54, 1.807) is 7.11 Å². The number of nitrogens with zero attached hydrogens (tertiary/aromatic N) is 2. The lowest BCUT2D eigenvalue weighted by molar-refractivity contribution is -0.121. The van der Waals surface area contributed by atoms with Crippen LogP contribution >= 0.6 is 0 Å². The summed E-state index contributed by atoms with van der Waals surface area (Å²) in [6, 6.07) is 17.5. The minimum absolute atomic E-state index is 0.168. The number of para-hydroxylation sites is 1. The molecule has 0 atom stereocenters. The van der Waals surface area contributed by atoms with Gasteiger partial charge in [0.1, 0.15) is 12.3 Å². The lowest BCUT2D eigenvalue weighted by Crippen LogP contribution is -2.23. The lowest BCUT2D eigenvalue weighted by Gasteiger charge is -2.06. The first-order valence-electron chi connectivity index (χ1n) is 7.69. The number of benzene rings is 2. The molecule has 0 unspecified atom stereocenters. The highest BCUT2D eigenvalue weighted by molar-refractivity contribution is 5.99. The zero-order valence-corrected chi connectivity index (χ0v) is 13.7. The third-order valence-corrected chi connectivity index (χ3v) is 3.83. The zero-order chi connectivity index (χ0) is 16.9. The van der Waals surface area contributed by atoms with Crippen molar-refractivity contribution in [1.82, 2.24) is 9.99 Å². The molecule has 0 fully saturated rings. The Morgan fingerprint density at radius 2 is 2.00 bits per heavy atom. The molecular weight excluding hydrogens is 302 g/mol. The molecule has 1 N–H and O–H groups in total. The molecular formula is C19H19N3O2. The van der Waals surface area contributed by atoms with Crippen LogP contribution in [0.15, 0.2) is 65.9 Å². The van der Waals surface area contributed by atoms with Crippen molar-refractivity contribution in [2.75, 3.05) is 7.11 Å². The topological polar surface area (TPSA) is 55.6 Å². The Morgan fingerprint density at radius 1 is 1.17 bits per heavy atom. The summed E-state index contributed by atoms with van der Waals surface area (Å²) in [4.78, 5) is 12.1. The van der Waals surface area contributed by atoms with Gasteiger partial charge in [0, 0.05) is 17.3 Å². The van der Waals surface area contributed by atoms with E-state index in [1.165, 1.54) is 0 Å². The average molecular weight is 321 g/mol. The summed E-state index contributed by atoms with van der Waals surface area (Å²) in [5, 5.41) is 5.29. The summed E-state index contributed by atoms with van der Waals surface area (Å²) in [5.41, 5.74) is 5.26. The van der Waals surface area contributed by atoms with Crippen molar-refractivity contribution in [2.24, 2.45) is 5.10 Å². The van der Waals surface area contributed by atoms with Gasteiger partial charge in [0.25, 0.3) is 5.91 Å². The van der Waals surface area contributed by atoms with Crippen LogP contribution in [0.1, 0.15) is 12.5 Å². The van der Waals surface area contributed by atoms with E-state index in [-0.39, 0.29) is 12.5 Å². The number of hydrogen-bond acceptors (Lipinski definition) is 3. The lowest BCUT2D eigenvalue weighted by atomic mass is 10.1. The average Bonchev–Trinajstić information content (AvgIpc) is 3.03. The van der Waals surface area contributed by atoms with Crippen LogP contribution in [0.2, 0.25) is 0 Å². The van der Waals surface area contributed by atoms with Crippen molar-refractivity contribution in [3.8, 4) is 5.75 Å². The second-order valence-corrected chi connectivity index (χ2v) is 5.47. The maximum atomic E-state index is 12.1. The van der Waals surface area contributed by atoms with Gasteiger partial charge in [-0.3, -0.25) is 4.79 Å². The Kier molecular flexibility index (Phi) is 4.61. The van der Waals surface area contributed by atoms with Gasteiger partial charge in [-0.1, -0.05) is 30.3 Å². The van der Waals surface area contributed by atoms with Crippen LogP contribution in [0.5, 0.6) is 5.75 Å². The van der Waals surface area contributed by atoms with Gasteiger partial charge in [-0.05, 0) is 36.6 Å². The Morgan fingerprint density at radius 3 is 2.83 bits per heavy atom. The van der Waals surface area contributed by atoms with Crippen LogP contribution in [-0.4, -0.2) is 23.3 Å². The molecule has 0 aliphatic rings. The molecule has 5 nitrogen and oxygen atoms in total. The number of nitrogens with one attached hydrogen (secondary N) is 1. The minimum Gasteiger partial charge on any atom is -0.497 e. The molecule has 2 aromatic carbocycles. The summed E-state index contributed by atoms with van der Waals surface area (Å²) in [7, 11) is 1.62. The normalized spacial score (nSPS) is 11.5. The first-order valence-corrected chi connectivity index (χ1v) is 7.69. The molecule has 0 radical (unpaired) electrons. The van der Waals surface area contributed by atoms with Gasteiger partial charge in [-0.2, -0.15) is 5.10 Å². The molecule has 122 valence electrons. The number of aromatic nitrogens is 1. The summed E-state index contributed by atoms with van der Waals surface area (Å²) in [6.07, 6.45) is 1.91. The molecule has 0 saturated heterocycles. The monoisotopic (exact) mass is 321 g/mol. The predicted molar refractivity (Wildman–Crippen MR) is 95.3 cm³/mol. The largest absolute Gasteiger partial charge is 0.497 e. The number of ether oxygens (including phenoxy) is 1. The van der Waals surface area contributed by atoms with Gasteiger partial charge in [0.05, 0.1) is 12.8 Å². The van der Waals surface area contributed by atoms with E-state index in [0.29, 0.717) is 0 Å². The van der Waals surface area contributed by atoms with Crippen LogP contribution < -0.4 is 10.2 Å². The summed E-state index contributed by atoms with van der Waals surface area (Å²) in [6.45, 7) is 2.07. The van der Waals surface area contributed by atoms with E-state index in [1.807, 2.05) is 72.3 Å². The molecule has 0 saturated carbocycles. The number of hydrazone groups is 1. The number of hydrogen-bond donors (Lipinski definition) is 1. The Bertz CT molecular complexity index is 896. The number of carbonyl (C=O) groups is 1. The first-order chi connectivity index (χ1) is 11.7. The smallest absolute Gasteiger partial charge is 0.259 e. The molecule has 3 rings (SSSR count). The molecule has 1 heterocycles. The SMILES string of the molecule is COc1cccc(/C(C)=N/NC(=O)Cn2ccc3ccccc32)c1. The molecule has 0 aliphatic carbocycles. The zero-order valence-electron chi connectivity index (χ0n) is 13.7. The van der Waals surface area contributed by atoms with Crippen molar-refractivity contribution in [3.63, 3.8) is 0 Å².